The molecule has 0 spiro atoms. The maximum absolute atomic E-state index is 6.11. The number of imidazole rings is 1. The molecule has 4 nitrogen and oxygen atoms in total. The smallest absolute Gasteiger partial charge is 0.138 e. The number of nitrogens with zero attached hydrogens (tertiary/aromatic N) is 2. The molecule has 2 heterocycles. The Hall–Kier alpha value is -2.33. The maximum atomic E-state index is 6.11. The molecule has 4 heteroatoms. The predicted octanol–water partition coefficient (Wildman–Crippen LogP) is 6.34. The van der Waals surface area contributed by atoms with Crippen LogP contribution >= 0.6 is 0 Å². The number of aryl methyl sites for hydroxylation is 1. The van der Waals surface area contributed by atoms with Crippen molar-refractivity contribution in [2.75, 3.05) is 26.7 Å². The van der Waals surface area contributed by atoms with Gasteiger partial charge in [-0.25, -0.2) is 4.98 Å². The molecule has 1 aliphatic heterocycles. The van der Waals surface area contributed by atoms with Crippen LogP contribution in [-0.4, -0.2) is 41.6 Å². The van der Waals surface area contributed by atoms with Crippen LogP contribution in [0.25, 0.3) is 22.4 Å². The minimum absolute atomic E-state index is 0.127. The monoisotopic (exact) mass is 419 g/mol. The Morgan fingerprint density at radius 1 is 1.10 bits per heavy atom. The van der Waals surface area contributed by atoms with E-state index in [-0.39, 0.29) is 5.41 Å². The molecule has 2 aromatic carbocycles. The van der Waals surface area contributed by atoms with E-state index in [2.05, 4.69) is 81.0 Å². The van der Waals surface area contributed by atoms with E-state index in [1.165, 1.54) is 37.9 Å². The highest BCUT2D eigenvalue weighted by molar-refractivity contribution is 5.80. The van der Waals surface area contributed by atoms with Crippen LogP contribution in [0.3, 0.4) is 0 Å². The zero-order valence-corrected chi connectivity index (χ0v) is 19.8. The van der Waals surface area contributed by atoms with E-state index in [9.17, 15) is 0 Å². The number of ether oxygens (including phenoxy) is 1. The normalized spacial score (nSPS) is 16.2. The first-order chi connectivity index (χ1) is 14.8. The third-order valence-corrected chi connectivity index (χ3v) is 6.65. The molecule has 0 amide bonds. The van der Waals surface area contributed by atoms with Crippen molar-refractivity contribution >= 4 is 11.0 Å². The van der Waals surface area contributed by atoms with Gasteiger partial charge in [0.1, 0.15) is 11.6 Å². The zero-order chi connectivity index (χ0) is 22.0. The lowest BCUT2D eigenvalue weighted by atomic mass is 9.87. The van der Waals surface area contributed by atoms with Crippen LogP contribution in [0.4, 0.5) is 0 Å². The predicted molar refractivity (Wildman–Crippen MR) is 130 cm³/mol. The molecule has 0 bridgehead atoms. The van der Waals surface area contributed by atoms with Crippen molar-refractivity contribution in [1.82, 2.24) is 14.9 Å². The standard InChI is InChI=1S/C27H37N3O/c1-19-17-21(26-28-23-10-9-22(27(2,3)4)18-24(23)29-26)8-11-25(19)31-16-6-7-20-12-14-30(5)15-13-20/h8-11,17-18,20H,6-7,12-16H2,1-5H3,(H,28,29). The number of H-pyrrole nitrogens is 1. The average Bonchev–Trinajstić information content (AvgIpc) is 3.16. The summed E-state index contributed by atoms with van der Waals surface area (Å²) in [7, 11) is 2.22. The van der Waals surface area contributed by atoms with Gasteiger partial charge in [-0.15, -0.1) is 0 Å². The van der Waals surface area contributed by atoms with Gasteiger partial charge in [-0.3, -0.25) is 0 Å². The lowest BCUT2D eigenvalue weighted by Gasteiger charge is -2.28. The van der Waals surface area contributed by atoms with Crippen LogP contribution in [-0.2, 0) is 5.41 Å². The number of fused-ring (bicyclic) bond motifs is 1. The molecule has 1 aromatic heterocycles. The second-order valence-corrected chi connectivity index (χ2v) is 10.3. The Labute approximate surface area is 187 Å². The summed E-state index contributed by atoms with van der Waals surface area (Å²) >= 11 is 0. The topological polar surface area (TPSA) is 41.1 Å². The van der Waals surface area contributed by atoms with Crippen LogP contribution in [0.2, 0.25) is 0 Å². The summed E-state index contributed by atoms with van der Waals surface area (Å²) in [5.74, 6) is 2.77. The fraction of sp³-hybridized carbons (Fsp3) is 0.519. The molecule has 1 aliphatic rings. The van der Waals surface area contributed by atoms with Gasteiger partial charge in [0.2, 0.25) is 0 Å². The number of hydrogen-bond acceptors (Lipinski definition) is 3. The van der Waals surface area contributed by atoms with E-state index in [0.29, 0.717) is 0 Å². The SMILES string of the molecule is Cc1cc(-c2nc3ccc(C(C)(C)C)cc3[nH]2)ccc1OCCCC1CCN(C)CC1. The van der Waals surface area contributed by atoms with Crippen molar-refractivity contribution in [3.8, 4) is 17.1 Å². The van der Waals surface area contributed by atoms with E-state index in [1.54, 1.807) is 0 Å². The van der Waals surface area contributed by atoms with Gasteiger partial charge < -0.3 is 14.6 Å². The fourth-order valence-corrected chi connectivity index (χ4v) is 4.48. The van der Waals surface area contributed by atoms with E-state index in [4.69, 9.17) is 9.72 Å². The van der Waals surface area contributed by atoms with Crippen LogP contribution in [0.1, 0.15) is 57.6 Å². The van der Waals surface area contributed by atoms with E-state index < -0.39 is 0 Å². The number of nitrogens with one attached hydrogen (secondary N) is 1. The molecule has 166 valence electrons. The molecular weight excluding hydrogens is 382 g/mol. The highest BCUT2D eigenvalue weighted by Gasteiger charge is 2.17. The first-order valence-corrected chi connectivity index (χ1v) is 11.7. The lowest BCUT2D eigenvalue weighted by molar-refractivity contribution is 0.200. The molecule has 1 N–H and O–H groups in total. The van der Waals surface area contributed by atoms with Gasteiger partial charge in [0.25, 0.3) is 0 Å². The molecule has 1 fully saturated rings. The molecule has 1 saturated heterocycles. The molecule has 0 saturated carbocycles. The maximum Gasteiger partial charge on any atom is 0.138 e. The van der Waals surface area contributed by atoms with Crippen molar-refractivity contribution in [1.29, 1.82) is 0 Å². The number of likely N-dealkylation sites (tertiary alicyclic amines) is 1. The van der Waals surface area contributed by atoms with Crippen LogP contribution in [0.15, 0.2) is 36.4 Å². The molecule has 3 aromatic rings. The van der Waals surface area contributed by atoms with Gasteiger partial charge in [-0.1, -0.05) is 26.8 Å². The van der Waals surface area contributed by atoms with Gasteiger partial charge in [0.15, 0.2) is 0 Å². The average molecular weight is 420 g/mol. The second-order valence-electron chi connectivity index (χ2n) is 10.3. The van der Waals surface area contributed by atoms with E-state index in [0.717, 1.165) is 52.7 Å². The summed E-state index contributed by atoms with van der Waals surface area (Å²) in [5.41, 5.74) is 5.81. The molecule has 0 unspecified atom stereocenters. The van der Waals surface area contributed by atoms with Crippen molar-refractivity contribution in [2.24, 2.45) is 5.92 Å². The zero-order valence-electron chi connectivity index (χ0n) is 19.8. The molecular formula is C27H37N3O. The number of benzene rings is 2. The highest BCUT2D eigenvalue weighted by atomic mass is 16.5. The van der Waals surface area contributed by atoms with E-state index >= 15 is 0 Å². The first-order valence-electron chi connectivity index (χ1n) is 11.7. The van der Waals surface area contributed by atoms with Gasteiger partial charge in [0, 0.05) is 5.56 Å². The Kier molecular flexibility index (Phi) is 6.38. The minimum atomic E-state index is 0.127. The Morgan fingerprint density at radius 3 is 2.58 bits per heavy atom. The lowest BCUT2D eigenvalue weighted by Crippen LogP contribution is -2.30. The summed E-state index contributed by atoms with van der Waals surface area (Å²) in [6.45, 7) is 12.1. The number of rotatable bonds is 6. The molecule has 0 aliphatic carbocycles. The summed E-state index contributed by atoms with van der Waals surface area (Å²) < 4.78 is 6.11. The van der Waals surface area contributed by atoms with Crippen LogP contribution in [0, 0.1) is 12.8 Å². The minimum Gasteiger partial charge on any atom is -0.493 e. The third kappa shape index (κ3) is 5.30. The molecule has 0 radical (unpaired) electrons. The van der Waals surface area contributed by atoms with Crippen molar-refractivity contribution < 1.29 is 4.74 Å². The third-order valence-electron chi connectivity index (χ3n) is 6.65. The number of hydrogen-bond donors (Lipinski definition) is 1. The van der Waals surface area contributed by atoms with Gasteiger partial charge >= 0.3 is 0 Å². The van der Waals surface area contributed by atoms with Gasteiger partial charge in [-0.05, 0) is 106 Å². The largest absolute Gasteiger partial charge is 0.493 e. The van der Waals surface area contributed by atoms with Gasteiger partial charge in [-0.2, -0.15) is 0 Å². The second kappa shape index (κ2) is 9.04. The first kappa shape index (κ1) is 21.9. The number of piperidine rings is 1. The summed E-state index contributed by atoms with van der Waals surface area (Å²) in [4.78, 5) is 10.8. The summed E-state index contributed by atoms with van der Waals surface area (Å²) in [6, 6.07) is 12.9. The van der Waals surface area contributed by atoms with Crippen LogP contribution < -0.4 is 4.74 Å². The molecule has 0 atom stereocenters. The van der Waals surface area contributed by atoms with Gasteiger partial charge in [0.05, 0.1) is 17.6 Å². The number of aromatic nitrogens is 2. The highest BCUT2D eigenvalue weighted by Crippen LogP contribution is 2.29. The fourth-order valence-electron chi connectivity index (χ4n) is 4.48. The number of aromatic amines is 1. The quantitative estimate of drug-likeness (QED) is 0.474. The molecule has 31 heavy (non-hydrogen) atoms. The van der Waals surface area contributed by atoms with Crippen molar-refractivity contribution in [2.45, 2.75) is 58.8 Å². The Balaban J connectivity index is 1.38. The van der Waals surface area contributed by atoms with Crippen molar-refractivity contribution in [3.63, 3.8) is 0 Å². The Morgan fingerprint density at radius 2 is 1.87 bits per heavy atom. The molecule has 4 rings (SSSR count). The van der Waals surface area contributed by atoms with Crippen molar-refractivity contribution in [3.05, 3.63) is 47.5 Å². The van der Waals surface area contributed by atoms with E-state index in [1.807, 2.05) is 0 Å². The van der Waals surface area contributed by atoms with Crippen LogP contribution in [0.5, 0.6) is 5.75 Å². The summed E-state index contributed by atoms with van der Waals surface area (Å²) in [5, 5.41) is 0. The summed E-state index contributed by atoms with van der Waals surface area (Å²) in [6.07, 6.45) is 5.08. The Bertz CT molecular complexity index is 1020.